The molecule has 0 aliphatic heterocycles. The summed E-state index contributed by atoms with van der Waals surface area (Å²) in [5.41, 5.74) is 4.12. The molecule has 2 aromatic carbocycles. The van der Waals surface area contributed by atoms with Gasteiger partial charge in [-0.1, -0.05) is 0 Å². The summed E-state index contributed by atoms with van der Waals surface area (Å²) in [4.78, 5) is 12.1. The van der Waals surface area contributed by atoms with Crippen LogP contribution >= 0.6 is 0 Å². The predicted octanol–water partition coefficient (Wildman–Crippen LogP) is 3.12. The Morgan fingerprint density at radius 3 is 2.38 bits per heavy atom. The van der Waals surface area contributed by atoms with E-state index >= 15 is 0 Å². The molecule has 0 saturated carbocycles. The van der Waals surface area contributed by atoms with Crippen molar-refractivity contribution in [1.29, 1.82) is 0 Å². The van der Waals surface area contributed by atoms with E-state index in [2.05, 4.69) is 10.7 Å². The van der Waals surface area contributed by atoms with Gasteiger partial charge in [0.1, 0.15) is 11.6 Å². The standard InChI is InChI=1S/C15H15F2N3O/c1-8-5-10(20-18)3-4-11(8)15(21)19-14-7-12(16)9(2)6-13(14)17/h3-7,20H,18H2,1-2H3,(H,19,21). The van der Waals surface area contributed by atoms with E-state index in [4.69, 9.17) is 5.84 Å². The smallest absolute Gasteiger partial charge is 0.256 e. The van der Waals surface area contributed by atoms with Crippen LogP contribution in [0.15, 0.2) is 30.3 Å². The third-order valence-corrected chi connectivity index (χ3v) is 3.13. The van der Waals surface area contributed by atoms with Crippen LogP contribution in [0.3, 0.4) is 0 Å². The molecular weight excluding hydrogens is 276 g/mol. The molecule has 0 aliphatic rings. The summed E-state index contributed by atoms with van der Waals surface area (Å²) < 4.78 is 27.2. The summed E-state index contributed by atoms with van der Waals surface area (Å²) in [6.45, 7) is 3.18. The van der Waals surface area contributed by atoms with Crippen molar-refractivity contribution >= 4 is 17.3 Å². The highest BCUT2D eigenvalue weighted by Crippen LogP contribution is 2.21. The Kier molecular flexibility index (Phi) is 4.18. The molecule has 0 unspecified atom stereocenters. The quantitative estimate of drug-likeness (QED) is 0.601. The van der Waals surface area contributed by atoms with E-state index < -0.39 is 17.5 Å². The number of amides is 1. The molecule has 0 bridgehead atoms. The molecule has 0 spiro atoms. The van der Waals surface area contributed by atoms with E-state index in [0.717, 1.165) is 12.1 Å². The second-order valence-corrected chi connectivity index (χ2v) is 4.71. The minimum absolute atomic E-state index is 0.181. The second-order valence-electron chi connectivity index (χ2n) is 4.71. The lowest BCUT2D eigenvalue weighted by Crippen LogP contribution is -2.15. The van der Waals surface area contributed by atoms with E-state index in [1.54, 1.807) is 25.1 Å². The van der Waals surface area contributed by atoms with E-state index in [1.807, 2.05) is 0 Å². The topological polar surface area (TPSA) is 67.2 Å². The Balaban J connectivity index is 2.28. The molecule has 4 N–H and O–H groups in total. The van der Waals surface area contributed by atoms with Gasteiger partial charge in [0.25, 0.3) is 5.91 Å². The Morgan fingerprint density at radius 2 is 1.76 bits per heavy atom. The van der Waals surface area contributed by atoms with Crippen LogP contribution in [0.25, 0.3) is 0 Å². The maximum Gasteiger partial charge on any atom is 0.256 e. The maximum absolute atomic E-state index is 13.7. The van der Waals surface area contributed by atoms with Gasteiger partial charge >= 0.3 is 0 Å². The van der Waals surface area contributed by atoms with Crippen molar-refractivity contribution in [3.63, 3.8) is 0 Å². The number of benzene rings is 2. The maximum atomic E-state index is 13.7. The highest BCUT2D eigenvalue weighted by molar-refractivity contribution is 6.05. The van der Waals surface area contributed by atoms with Gasteiger partial charge in [-0.25, -0.2) is 8.78 Å². The lowest BCUT2D eigenvalue weighted by molar-refractivity contribution is 0.102. The van der Waals surface area contributed by atoms with Gasteiger partial charge in [-0.05, 0) is 49.2 Å². The third kappa shape index (κ3) is 3.17. The first-order valence-electron chi connectivity index (χ1n) is 6.26. The number of hydrazine groups is 1. The summed E-state index contributed by atoms with van der Waals surface area (Å²) in [6, 6.07) is 6.87. The van der Waals surface area contributed by atoms with Gasteiger partial charge < -0.3 is 10.7 Å². The molecule has 0 aliphatic carbocycles. The summed E-state index contributed by atoms with van der Waals surface area (Å²) in [5.74, 6) is 3.50. The average Bonchev–Trinajstić information content (AvgIpc) is 2.44. The van der Waals surface area contributed by atoms with Crippen LogP contribution in [0.4, 0.5) is 20.2 Å². The monoisotopic (exact) mass is 291 g/mol. The number of nitrogen functional groups attached to an aromatic ring is 1. The number of hydrogen-bond acceptors (Lipinski definition) is 3. The predicted molar refractivity (Wildman–Crippen MR) is 78.0 cm³/mol. The SMILES string of the molecule is Cc1cc(F)c(NC(=O)c2ccc(NN)cc2C)cc1F. The first-order valence-corrected chi connectivity index (χ1v) is 6.26. The van der Waals surface area contributed by atoms with Crippen LogP contribution in [0.1, 0.15) is 21.5 Å². The van der Waals surface area contributed by atoms with E-state index in [1.165, 1.54) is 6.92 Å². The molecule has 0 saturated heterocycles. The normalized spacial score (nSPS) is 10.3. The van der Waals surface area contributed by atoms with Crippen molar-refractivity contribution in [2.75, 3.05) is 10.7 Å². The average molecular weight is 291 g/mol. The van der Waals surface area contributed by atoms with Crippen LogP contribution in [0.5, 0.6) is 0 Å². The van der Waals surface area contributed by atoms with Gasteiger partial charge in [0.15, 0.2) is 0 Å². The fraction of sp³-hybridized carbons (Fsp3) is 0.133. The number of anilines is 2. The number of nitrogens with one attached hydrogen (secondary N) is 2. The minimum Gasteiger partial charge on any atom is -0.324 e. The van der Waals surface area contributed by atoms with Gasteiger partial charge in [0.2, 0.25) is 0 Å². The summed E-state index contributed by atoms with van der Waals surface area (Å²) in [6.07, 6.45) is 0. The van der Waals surface area contributed by atoms with Crippen molar-refractivity contribution < 1.29 is 13.6 Å². The van der Waals surface area contributed by atoms with Gasteiger partial charge in [-0.2, -0.15) is 0 Å². The van der Waals surface area contributed by atoms with Crippen molar-refractivity contribution in [2.45, 2.75) is 13.8 Å². The zero-order valence-corrected chi connectivity index (χ0v) is 11.6. The Morgan fingerprint density at radius 1 is 1.05 bits per heavy atom. The fourth-order valence-corrected chi connectivity index (χ4v) is 1.94. The first-order chi connectivity index (χ1) is 9.92. The molecule has 1 amide bonds. The summed E-state index contributed by atoms with van der Waals surface area (Å²) in [5, 5.41) is 2.37. The zero-order valence-electron chi connectivity index (χ0n) is 11.6. The Labute approximate surface area is 120 Å². The summed E-state index contributed by atoms with van der Waals surface area (Å²) in [7, 11) is 0. The number of carbonyl (C=O) groups is 1. The number of aryl methyl sites for hydroxylation is 2. The van der Waals surface area contributed by atoms with Crippen molar-refractivity contribution in [2.24, 2.45) is 5.84 Å². The number of carbonyl (C=O) groups excluding carboxylic acids is 1. The summed E-state index contributed by atoms with van der Waals surface area (Å²) >= 11 is 0. The molecule has 2 rings (SSSR count). The third-order valence-electron chi connectivity index (χ3n) is 3.13. The molecular formula is C15H15F2N3O. The molecule has 0 radical (unpaired) electrons. The molecule has 2 aromatic rings. The van der Waals surface area contributed by atoms with E-state index in [-0.39, 0.29) is 11.3 Å². The van der Waals surface area contributed by atoms with Gasteiger partial charge in [-0.15, -0.1) is 0 Å². The molecule has 21 heavy (non-hydrogen) atoms. The van der Waals surface area contributed by atoms with Crippen LogP contribution in [0, 0.1) is 25.5 Å². The zero-order chi connectivity index (χ0) is 15.6. The number of nitrogens with two attached hydrogens (primary N) is 1. The lowest BCUT2D eigenvalue weighted by Gasteiger charge is -2.11. The number of halogens is 2. The molecule has 0 fully saturated rings. The Hall–Kier alpha value is -2.47. The first kappa shape index (κ1) is 14.9. The molecule has 4 nitrogen and oxygen atoms in total. The van der Waals surface area contributed by atoms with E-state index in [0.29, 0.717) is 16.8 Å². The Bertz CT molecular complexity index is 702. The highest BCUT2D eigenvalue weighted by Gasteiger charge is 2.14. The lowest BCUT2D eigenvalue weighted by atomic mass is 10.1. The van der Waals surface area contributed by atoms with Crippen molar-refractivity contribution in [3.05, 3.63) is 58.7 Å². The van der Waals surface area contributed by atoms with Crippen molar-refractivity contribution in [3.8, 4) is 0 Å². The molecule has 0 aromatic heterocycles. The molecule has 0 heterocycles. The molecule has 0 atom stereocenters. The van der Waals surface area contributed by atoms with Crippen molar-refractivity contribution in [1.82, 2.24) is 0 Å². The van der Waals surface area contributed by atoms with Crippen LogP contribution in [0.2, 0.25) is 0 Å². The van der Waals surface area contributed by atoms with Gasteiger partial charge in [-0.3, -0.25) is 10.6 Å². The van der Waals surface area contributed by atoms with Crippen LogP contribution in [-0.2, 0) is 0 Å². The number of hydrogen-bond donors (Lipinski definition) is 3. The molecule has 110 valence electrons. The molecule has 6 heteroatoms. The van der Waals surface area contributed by atoms with Crippen LogP contribution < -0.4 is 16.6 Å². The largest absolute Gasteiger partial charge is 0.324 e. The van der Waals surface area contributed by atoms with Crippen LogP contribution in [-0.4, -0.2) is 5.91 Å². The highest BCUT2D eigenvalue weighted by atomic mass is 19.1. The van der Waals surface area contributed by atoms with Gasteiger partial charge in [0.05, 0.1) is 5.69 Å². The second kappa shape index (κ2) is 5.88. The van der Waals surface area contributed by atoms with Gasteiger partial charge in [0, 0.05) is 17.3 Å². The van der Waals surface area contributed by atoms with E-state index in [9.17, 15) is 13.6 Å². The fourth-order valence-electron chi connectivity index (χ4n) is 1.94. The number of rotatable bonds is 3. The minimum atomic E-state index is -0.680.